The van der Waals surface area contributed by atoms with Crippen LogP contribution in [0.1, 0.15) is 19.4 Å². The summed E-state index contributed by atoms with van der Waals surface area (Å²) in [7, 11) is 0. The second-order valence-electron chi connectivity index (χ2n) is 3.54. The van der Waals surface area contributed by atoms with Crippen LogP contribution in [-0.2, 0) is 20.7 Å². The molecular weight excluding hydrogens is 236 g/mol. The van der Waals surface area contributed by atoms with Crippen LogP contribution in [0, 0.1) is 0 Å². The van der Waals surface area contributed by atoms with E-state index in [0.29, 0.717) is 13.0 Å². The van der Waals surface area contributed by atoms with Crippen LogP contribution in [-0.4, -0.2) is 22.9 Å². The predicted octanol–water partition coefficient (Wildman–Crippen LogP) is 2.44. The van der Waals surface area contributed by atoms with Gasteiger partial charge in [0.1, 0.15) is 5.25 Å². The minimum absolute atomic E-state index is 0.0704. The number of hydrogen-bond acceptors (Lipinski definition) is 4. The number of carbonyl (C=O) groups excluding carboxylic acids is 2. The van der Waals surface area contributed by atoms with Crippen molar-refractivity contribution in [2.24, 2.45) is 0 Å². The summed E-state index contributed by atoms with van der Waals surface area (Å²) in [6, 6.07) is 9.62. The molecule has 1 unspecified atom stereocenters. The quantitative estimate of drug-likeness (QED) is 0.755. The zero-order chi connectivity index (χ0) is 12.7. The molecule has 0 amide bonds. The third kappa shape index (κ3) is 5.04. The normalized spacial score (nSPS) is 11.9. The first-order valence-electron chi connectivity index (χ1n) is 5.51. The van der Waals surface area contributed by atoms with E-state index in [2.05, 4.69) is 0 Å². The van der Waals surface area contributed by atoms with E-state index in [1.54, 1.807) is 6.92 Å². The molecule has 1 atom stereocenters. The molecule has 1 aromatic carbocycles. The standard InChI is InChI=1S/C13H16O3S/c1-3-16-13(15)12(17-10(2)14)9-11-7-5-4-6-8-11/h4-8,12H,3,9H2,1-2H3. The lowest BCUT2D eigenvalue weighted by Gasteiger charge is -2.13. The van der Waals surface area contributed by atoms with Gasteiger partial charge in [0.05, 0.1) is 6.61 Å². The summed E-state index contributed by atoms with van der Waals surface area (Å²) in [5.74, 6) is -0.323. The van der Waals surface area contributed by atoms with E-state index in [1.807, 2.05) is 30.3 Å². The second-order valence-corrected chi connectivity index (χ2v) is 4.92. The largest absolute Gasteiger partial charge is 0.465 e. The first kappa shape index (κ1) is 13.8. The van der Waals surface area contributed by atoms with Crippen molar-refractivity contribution in [3.63, 3.8) is 0 Å². The smallest absolute Gasteiger partial charge is 0.319 e. The van der Waals surface area contributed by atoms with Crippen molar-refractivity contribution in [1.29, 1.82) is 0 Å². The van der Waals surface area contributed by atoms with Gasteiger partial charge in [-0.15, -0.1) is 0 Å². The number of rotatable bonds is 5. The number of carbonyl (C=O) groups is 2. The molecule has 1 rings (SSSR count). The van der Waals surface area contributed by atoms with Crippen molar-refractivity contribution in [3.8, 4) is 0 Å². The molecule has 0 aromatic heterocycles. The van der Waals surface area contributed by atoms with Crippen LogP contribution in [0.5, 0.6) is 0 Å². The molecule has 0 spiro atoms. The Morgan fingerprint density at radius 2 is 1.94 bits per heavy atom. The maximum atomic E-state index is 11.7. The fourth-order valence-corrected chi connectivity index (χ4v) is 2.28. The lowest BCUT2D eigenvalue weighted by atomic mass is 10.1. The fraction of sp³-hybridized carbons (Fsp3) is 0.385. The van der Waals surface area contributed by atoms with Gasteiger partial charge >= 0.3 is 5.97 Å². The molecule has 0 heterocycles. The van der Waals surface area contributed by atoms with Crippen LogP contribution < -0.4 is 0 Å². The van der Waals surface area contributed by atoms with E-state index in [4.69, 9.17) is 4.74 Å². The van der Waals surface area contributed by atoms with Gasteiger partial charge in [0, 0.05) is 6.92 Å². The van der Waals surface area contributed by atoms with E-state index >= 15 is 0 Å². The van der Waals surface area contributed by atoms with Crippen LogP contribution in [0.4, 0.5) is 0 Å². The lowest BCUT2D eigenvalue weighted by Crippen LogP contribution is -2.23. The van der Waals surface area contributed by atoms with Crippen molar-refractivity contribution >= 4 is 22.8 Å². The van der Waals surface area contributed by atoms with Gasteiger partial charge in [-0.1, -0.05) is 42.1 Å². The van der Waals surface area contributed by atoms with E-state index in [-0.39, 0.29) is 11.1 Å². The van der Waals surface area contributed by atoms with Crippen molar-refractivity contribution in [2.75, 3.05) is 6.61 Å². The van der Waals surface area contributed by atoms with Gasteiger partial charge in [-0.2, -0.15) is 0 Å². The minimum atomic E-state index is -0.449. The summed E-state index contributed by atoms with van der Waals surface area (Å²) in [5, 5.41) is -0.520. The van der Waals surface area contributed by atoms with Crippen molar-refractivity contribution < 1.29 is 14.3 Å². The monoisotopic (exact) mass is 252 g/mol. The maximum Gasteiger partial charge on any atom is 0.319 e. The number of benzene rings is 1. The molecule has 0 fully saturated rings. The van der Waals surface area contributed by atoms with Gasteiger partial charge in [0.25, 0.3) is 0 Å². The van der Waals surface area contributed by atoms with E-state index in [0.717, 1.165) is 17.3 Å². The van der Waals surface area contributed by atoms with Gasteiger partial charge in [-0.05, 0) is 18.9 Å². The molecule has 4 heteroatoms. The van der Waals surface area contributed by atoms with Gasteiger partial charge in [0.15, 0.2) is 5.12 Å². The van der Waals surface area contributed by atoms with Crippen LogP contribution in [0.25, 0.3) is 0 Å². The summed E-state index contributed by atoms with van der Waals surface area (Å²) < 4.78 is 4.97. The molecule has 0 aliphatic rings. The molecule has 0 N–H and O–H groups in total. The molecule has 0 bridgehead atoms. The van der Waals surface area contributed by atoms with Crippen molar-refractivity contribution in [3.05, 3.63) is 35.9 Å². The first-order valence-corrected chi connectivity index (χ1v) is 6.39. The summed E-state index contributed by atoms with van der Waals surface area (Å²) in [4.78, 5) is 22.8. The number of esters is 1. The molecule has 17 heavy (non-hydrogen) atoms. The molecule has 0 aliphatic carbocycles. The Labute approximate surface area is 106 Å². The topological polar surface area (TPSA) is 43.4 Å². The Morgan fingerprint density at radius 3 is 2.47 bits per heavy atom. The third-order valence-electron chi connectivity index (χ3n) is 2.12. The minimum Gasteiger partial charge on any atom is -0.465 e. The van der Waals surface area contributed by atoms with Crippen molar-refractivity contribution in [2.45, 2.75) is 25.5 Å². The predicted molar refractivity (Wildman–Crippen MR) is 68.8 cm³/mol. The van der Waals surface area contributed by atoms with Gasteiger partial charge in [0.2, 0.25) is 0 Å². The second kappa shape index (κ2) is 7.12. The zero-order valence-corrected chi connectivity index (χ0v) is 10.8. The van der Waals surface area contributed by atoms with Crippen LogP contribution in [0.3, 0.4) is 0 Å². The number of ether oxygens (including phenoxy) is 1. The Hall–Kier alpha value is -1.29. The molecule has 0 aliphatic heterocycles. The third-order valence-corrected chi connectivity index (χ3v) is 3.10. The Bertz CT molecular complexity index is 376. The SMILES string of the molecule is CCOC(=O)C(Cc1ccccc1)SC(C)=O. The average molecular weight is 252 g/mol. The molecule has 0 saturated heterocycles. The molecule has 0 radical (unpaired) electrons. The highest BCUT2D eigenvalue weighted by Crippen LogP contribution is 2.18. The Balaban J connectivity index is 2.70. The van der Waals surface area contributed by atoms with Gasteiger partial charge in [-0.3, -0.25) is 9.59 Å². The fourth-order valence-electron chi connectivity index (χ4n) is 1.44. The lowest BCUT2D eigenvalue weighted by molar-refractivity contribution is -0.142. The van der Waals surface area contributed by atoms with Gasteiger partial charge in [-0.25, -0.2) is 0 Å². The zero-order valence-electron chi connectivity index (χ0n) is 10.0. The summed E-state index contributed by atoms with van der Waals surface area (Å²) >= 11 is 1.03. The summed E-state index contributed by atoms with van der Waals surface area (Å²) in [6.07, 6.45) is 0.518. The van der Waals surface area contributed by atoms with Crippen LogP contribution >= 0.6 is 11.8 Å². The summed E-state index contributed by atoms with van der Waals surface area (Å²) in [5.41, 5.74) is 1.03. The molecule has 1 aromatic rings. The molecular formula is C13H16O3S. The Morgan fingerprint density at radius 1 is 1.29 bits per heavy atom. The molecule has 92 valence electrons. The average Bonchev–Trinajstić information content (AvgIpc) is 2.29. The van der Waals surface area contributed by atoms with Gasteiger partial charge < -0.3 is 4.74 Å². The highest BCUT2D eigenvalue weighted by Gasteiger charge is 2.22. The molecule has 0 saturated carbocycles. The van der Waals surface area contributed by atoms with Crippen LogP contribution in [0.2, 0.25) is 0 Å². The molecule has 3 nitrogen and oxygen atoms in total. The number of hydrogen-bond donors (Lipinski definition) is 0. The first-order chi connectivity index (χ1) is 8.13. The van der Waals surface area contributed by atoms with Crippen LogP contribution in [0.15, 0.2) is 30.3 Å². The summed E-state index contributed by atoms with van der Waals surface area (Å²) in [6.45, 7) is 3.56. The maximum absolute atomic E-state index is 11.7. The highest BCUT2D eigenvalue weighted by atomic mass is 32.2. The highest BCUT2D eigenvalue weighted by molar-refractivity contribution is 8.14. The Kier molecular flexibility index (Phi) is 5.77. The van der Waals surface area contributed by atoms with E-state index in [1.165, 1.54) is 6.92 Å². The number of thioether (sulfide) groups is 1. The van der Waals surface area contributed by atoms with E-state index in [9.17, 15) is 9.59 Å². The van der Waals surface area contributed by atoms with Crippen molar-refractivity contribution in [1.82, 2.24) is 0 Å². The van der Waals surface area contributed by atoms with E-state index < -0.39 is 5.25 Å².